The summed E-state index contributed by atoms with van der Waals surface area (Å²) in [5.74, 6) is 1.08. The Kier molecular flexibility index (Phi) is 9.93. The molecule has 26 heavy (non-hydrogen) atoms. The molecule has 5 nitrogen and oxygen atoms in total. The van der Waals surface area contributed by atoms with E-state index in [0.717, 1.165) is 17.9 Å². The summed E-state index contributed by atoms with van der Waals surface area (Å²) in [5.41, 5.74) is 1.90. The van der Waals surface area contributed by atoms with Crippen LogP contribution in [-0.2, 0) is 6.54 Å². The van der Waals surface area contributed by atoms with Crippen LogP contribution in [0.1, 0.15) is 25.2 Å². The van der Waals surface area contributed by atoms with Crippen LogP contribution in [0.2, 0.25) is 0 Å². The number of aryl methyl sites for hydroxylation is 1. The number of hydrogen-bond donors (Lipinski definition) is 2. The zero-order chi connectivity index (χ0) is 18.1. The van der Waals surface area contributed by atoms with Gasteiger partial charge in [-0.3, -0.25) is 4.98 Å². The molecule has 1 heterocycles. The third-order valence-corrected chi connectivity index (χ3v) is 3.40. The number of aliphatic imine (C=N–C) groups is 1. The normalized spacial score (nSPS) is 12.1. The summed E-state index contributed by atoms with van der Waals surface area (Å²) in [6.45, 7) is 7.77. The highest BCUT2D eigenvalue weighted by Gasteiger charge is 2.06. The van der Waals surface area contributed by atoms with Gasteiger partial charge < -0.3 is 15.4 Å². The van der Waals surface area contributed by atoms with Crippen LogP contribution in [0.4, 0.5) is 4.39 Å². The maximum absolute atomic E-state index is 12.9. The Morgan fingerprint density at radius 2 is 1.92 bits per heavy atom. The van der Waals surface area contributed by atoms with E-state index in [1.807, 2.05) is 39.0 Å². The van der Waals surface area contributed by atoms with E-state index < -0.39 is 0 Å². The van der Waals surface area contributed by atoms with E-state index in [-0.39, 0.29) is 35.9 Å². The minimum Gasteiger partial charge on any atom is -0.489 e. The minimum atomic E-state index is -0.274. The lowest BCUT2D eigenvalue weighted by atomic mass is 10.3. The number of benzene rings is 1. The predicted octanol–water partition coefficient (Wildman–Crippen LogP) is 3.67. The lowest BCUT2D eigenvalue weighted by molar-refractivity contribution is 0.223. The quantitative estimate of drug-likeness (QED) is 0.367. The highest BCUT2D eigenvalue weighted by molar-refractivity contribution is 14.0. The van der Waals surface area contributed by atoms with Gasteiger partial charge in [-0.15, -0.1) is 24.0 Å². The molecule has 1 aromatic heterocycles. The summed E-state index contributed by atoms with van der Waals surface area (Å²) in [6.07, 6.45) is -0.0913. The molecule has 0 spiro atoms. The minimum absolute atomic E-state index is 0. The predicted molar refractivity (Wildman–Crippen MR) is 114 cm³/mol. The molecule has 0 saturated heterocycles. The first-order valence-corrected chi connectivity index (χ1v) is 8.43. The first-order valence-electron chi connectivity index (χ1n) is 8.43. The first-order chi connectivity index (χ1) is 12.1. The van der Waals surface area contributed by atoms with E-state index in [1.165, 1.54) is 12.1 Å². The number of aromatic nitrogens is 1. The molecule has 2 aromatic rings. The van der Waals surface area contributed by atoms with Crippen molar-refractivity contribution >= 4 is 29.9 Å². The standard InChI is InChI=1S/C19H25FN4O.HI/c1-4-21-19(23-13-17-7-5-6-14(2)24-17)22-12-15(3)25-18-10-8-16(20)9-11-18;/h5-11,15H,4,12-13H2,1-3H3,(H2,21,22,23);1H. The molecule has 0 aliphatic heterocycles. The number of nitrogens with zero attached hydrogens (tertiary/aromatic N) is 2. The molecule has 2 rings (SSSR count). The molecular weight excluding hydrogens is 446 g/mol. The second kappa shape index (κ2) is 11.7. The largest absolute Gasteiger partial charge is 0.489 e. The summed E-state index contributed by atoms with van der Waals surface area (Å²) in [4.78, 5) is 8.99. The average molecular weight is 472 g/mol. The topological polar surface area (TPSA) is 58.5 Å². The summed E-state index contributed by atoms with van der Waals surface area (Å²) in [6, 6.07) is 11.9. The van der Waals surface area contributed by atoms with Gasteiger partial charge in [0, 0.05) is 12.2 Å². The van der Waals surface area contributed by atoms with Crippen LogP contribution in [0.25, 0.3) is 0 Å². The number of hydrogen-bond acceptors (Lipinski definition) is 3. The van der Waals surface area contributed by atoms with Crippen molar-refractivity contribution in [1.29, 1.82) is 0 Å². The Hall–Kier alpha value is -1.90. The molecule has 0 saturated carbocycles. The molecule has 1 unspecified atom stereocenters. The van der Waals surface area contributed by atoms with Gasteiger partial charge in [0.05, 0.1) is 18.8 Å². The number of ether oxygens (including phenoxy) is 1. The molecule has 7 heteroatoms. The molecular formula is C19H26FIN4O. The van der Waals surface area contributed by atoms with Crippen LogP contribution >= 0.6 is 24.0 Å². The van der Waals surface area contributed by atoms with E-state index >= 15 is 0 Å². The molecule has 0 bridgehead atoms. The summed E-state index contributed by atoms with van der Waals surface area (Å²) < 4.78 is 18.7. The van der Waals surface area contributed by atoms with Gasteiger partial charge in [-0.25, -0.2) is 9.38 Å². The van der Waals surface area contributed by atoms with E-state index in [2.05, 4.69) is 20.6 Å². The molecule has 142 valence electrons. The smallest absolute Gasteiger partial charge is 0.191 e. The number of nitrogens with one attached hydrogen (secondary N) is 2. The average Bonchev–Trinajstić information content (AvgIpc) is 2.59. The van der Waals surface area contributed by atoms with Crippen molar-refractivity contribution in [1.82, 2.24) is 15.6 Å². The fraction of sp³-hybridized carbons (Fsp3) is 0.368. The maximum atomic E-state index is 12.9. The molecule has 2 N–H and O–H groups in total. The molecule has 1 aromatic carbocycles. The molecule has 0 aliphatic rings. The summed E-state index contributed by atoms with van der Waals surface area (Å²) >= 11 is 0. The van der Waals surface area contributed by atoms with Gasteiger partial charge in [-0.2, -0.15) is 0 Å². The molecule has 1 atom stereocenters. The van der Waals surface area contributed by atoms with Crippen LogP contribution < -0.4 is 15.4 Å². The van der Waals surface area contributed by atoms with Gasteiger partial charge in [-0.1, -0.05) is 6.07 Å². The van der Waals surface area contributed by atoms with Gasteiger partial charge in [0.15, 0.2) is 5.96 Å². The van der Waals surface area contributed by atoms with Gasteiger partial charge in [0.1, 0.15) is 17.7 Å². The van der Waals surface area contributed by atoms with E-state index in [4.69, 9.17) is 4.74 Å². The maximum Gasteiger partial charge on any atom is 0.191 e. The van der Waals surface area contributed by atoms with Crippen molar-refractivity contribution in [2.45, 2.75) is 33.4 Å². The fourth-order valence-corrected chi connectivity index (χ4v) is 2.22. The van der Waals surface area contributed by atoms with Gasteiger partial charge >= 0.3 is 0 Å². The van der Waals surface area contributed by atoms with Gasteiger partial charge in [0.2, 0.25) is 0 Å². The Morgan fingerprint density at radius 3 is 2.58 bits per heavy atom. The van der Waals surface area contributed by atoms with Crippen molar-refractivity contribution in [2.75, 3.05) is 13.1 Å². The number of halogens is 2. The van der Waals surface area contributed by atoms with Crippen LogP contribution in [0.15, 0.2) is 47.5 Å². The van der Waals surface area contributed by atoms with Crippen molar-refractivity contribution in [3.8, 4) is 5.75 Å². The SMILES string of the molecule is CCNC(=NCc1cccc(C)n1)NCC(C)Oc1ccc(F)cc1.I. The lowest BCUT2D eigenvalue weighted by Gasteiger charge is -2.17. The van der Waals surface area contributed by atoms with Crippen LogP contribution in [0, 0.1) is 12.7 Å². The molecule has 0 fully saturated rings. The van der Waals surface area contributed by atoms with E-state index in [1.54, 1.807) is 12.1 Å². The molecule has 0 amide bonds. The van der Waals surface area contributed by atoms with Gasteiger partial charge in [-0.05, 0) is 57.2 Å². The lowest BCUT2D eigenvalue weighted by Crippen LogP contribution is -2.41. The van der Waals surface area contributed by atoms with Crippen molar-refractivity contribution in [3.05, 3.63) is 59.7 Å². The van der Waals surface area contributed by atoms with Crippen LogP contribution in [-0.4, -0.2) is 30.1 Å². The van der Waals surface area contributed by atoms with Crippen molar-refractivity contribution in [2.24, 2.45) is 4.99 Å². The third-order valence-electron chi connectivity index (χ3n) is 3.40. The Labute approximate surface area is 171 Å². The van der Waals surface area contributed by atoms with E-state index in [9.17, 15) is 4.39 Å². The molecule has 0 aliphatic carbocycles. The van der Waals surface area contributed by atoms with Crippen molar-refractivity contribution < 1.29 is 9.13 Å². The Bertz CT molecular complexity index is 694. The number of guanidine groups is 1. The summed E-state index contributed by atoms with van der Waals surface area (Å²) in [7, 11) is 0. The molecule has 0 radical (unpaired) electrons. The second-order valence-electron chi connectivity index (χ2n) is 5.73. The third kappa shape index (κ3) is 7.99. The first kappa shape index (κ1) is 22.1. The van der Waals surface area contributed by atoms with E-state index in [0.29, 0.717) is 24.8 Å². The van der Waals surface area contributed by atoms with Crippen molar-refractivity contribution in [3.63, 3.8) is 0 Å². The number of rotatable bonds is 7. The fourth-order valence-electron chi connectivity index (χ4n) is 2.22. The zero-order valence-electron chi connectivity index (χ0n) is 15.3. The highest BCUT2D eigenvalue weighted by Crippen LogP contribution is 2.12. The zero-order valence-corrected chi connectivity index (χ0v) is 17.7. The second-order valence-corrected chi connectivity index (χ2v) is 5.73. The highest BCUT2D eigenvalue weighted by atomic mass is 127. The van der Waals surface area contributed by atoms with Crippen LogP contribution in [0.5, 0.6) is 5.75 Å². The Balaban J connectivity index is 0.00000338. The monoisotopic (exact) mass is 472 g/mol. The van der Waals surface area contributed by atoms with Crippen LogP contribution in [0.3, 0.4) is 0 Å². The number of pyridine rings is 1. The Morgan fingerprint density at radius 1 is 1.19 bits per heavy atom. The van der Waals surface area contributed by atoms with Gasteiger partial charge in [0.25, 0.3) is 0 Å². The summed E-state index contributed by atoms with van der Waals surface area (Å²) in [5, 5.41) is 6.45.